The maximum absolute atomic E-state index is 12.3. The number of hydrogen-bond donors (Lipinski definition) is 4. The number of rotatable bonds is 2. The topological polar surface area (TPSA) is 125 Å². The van der Waals surface area contributed by atoms with Gasteiger partial charge < -0.3 is 15.5 Å². The quantitative estimate of drug-likeness (QED) is 0.437. The molecule has 1 amide bonds. The average Bonchev–Trinajstić information content (AvgIpc) is 3.28. The fourth-order valence-electron chi connectivity index (χ4n) is 3.65. The highest BCUT2D eigenvalue weighted by Crippen LogP contribution is 2.32. The van der Waals surface area contributed by atoms with Gasteiger partial charge in [0.2, 0.25) is 11.7 Å². The number of nitrogens with zero attached hydrogens (tertiary/aromatic N) is 4. The van der Waals surface area contributed by atoms with Crippen LogP contribution >= 0.6 is 0 Å². The summed E-state index contributed by atoms with van der Waals surface area (Å²) in [5, 5.41) is 26.7. The summed E-state index contributed by atoms with van der Waals surface area (Å²) in [5.41, 5.74) is 1.11. The second-order valence-electron chi connectivity index (χ2n) is 7.38. The predicted octanol–water partition coefficient (Wildman–Crippen LogP) is -0.137. The summed E-state index contributed by atoms with van der Waals surface area (Å²) in [6, 6.07) is 9.49. The average molecular weight is 406 g/mol. The smallest absolute Gasteiger partial charge is 0.242 e. The Morgan fingerprint density at radius 3 is 2.67 bits per heavy atom. The maximum Gasteiger partial charge on any atom is 0.242 e. The summed E-state index contributed by atoms with van der Waals surface area (Å²) in [5.74, 6) is 5.86. The molecule has 1 aliphatic rings. The lowest BCUT2D eigenvalue weighted by Gasteiger charge is -2.26. The van der Waals surface area contributed by atoms with Gasteiger partial charge in [0.15, 0.2) is 5.65 Å². The highest BCUT2D eigenvalue weighted by atomic mass is 16.3. The van der Waals surface area contributed by atoms with Gasteiger partial charge in [0.25, 0.3) is 0 Å². The van der Waals surface area contributed by atoms with Gasteiger partial charge >= 0.3 is 0 Å². The molecule has 0 bridgehead atoms. The van der Waals surface area contributed by atoms with E-state index in [1.54, 1.807) is 11.5 Å². The van der Waals surface area contributed by atoms with Crippen molar-refractivity contribution >= 4 is 17.1 Å². The Hall–Kier alpha value is -3.32. The Labute approximate surface area is 173 Å². The predicted molar refractivity (Wildman–Crippen MR) is 109 cm³/mol. The number of amides is 1. The van der Waals surface area contributed by atoms with Crippen molar-refractivity contribution in [3.8, 4) is 11.8 Å². The lowest BCUT2D eigenvalue weighted by Crippen LogP contribution is -2.57. The Kier molecular flexibility index (Phi) is 4.99. The van der Waals surface area contributed by atoms with Crippen LogP contribution in [0.5, 0.6) is 0 Å². The van der Waals surface area contributed by atoms with E-state index in [4.69, 9.17) is 0 Å². The van der Waals surface area contributed by atoms with Crippen molar-refractivity contribution in [1.29, 1.82) is 0 Å². The van der Waals surface area contributed by atoms with E-state index in [2.05, 4.69) is 37.4 Å². The molecule has 1 aliphatic heterocycles. The summed E-state index contributed by atoms with van der Waals surface area (Å²) in [4.78, 5) is 25.5. The van der Waals surface area contributed by atoms with Crippen LogP contribution in [0.2, 0.25) is 0 Å². The van der Waals surface area contributed by atoms with Crippen molar-refractivity contribution in [2.75, 3.05) is 7.05 Å². The number of nitrogens with one attached hydrogen (secondary N) is 2. The number of imidazole rings is 1. The highest BCUT2D eigenvalue weighted by molar-refractivity contribution is 5.87. The van der Waals surface area contributed by atoms with Crippen LogP contribution in [0.3, 0.4) is 0 Å². The molecule has 4 N–H and O–H groups in total. The fourth-order valence-corrected chi connectivity index (χ4v) is 3.65. The number of aromatic nitrogens is 4. The largest absolute Gasteiger partial charge is 0.388 e. The summed E-state index contributed by atoms with van der Waals surface area (Å²) < 4.78 is 1.60. The van der Waals surface area contributed by atoms with E-state index in [0.717, 1.165) is 5.56 Å². The minimum Gasteiger partial charge on any atom is -0.388 e. The third-order valence-corrected chi connectivity index (χ3v) is 5.37. The van der Waals surface area contributed by atoms with Gasteiger partial charge in [-0.25, -0.2) is 15.0 Å². The van der Waals surface area contributed by atoms with Crippen molar-refractivity contribution in [1.82, 2.24) is 30.2 Å². The zero-order valence-electron chi connectivity index (χ0n) is 16.8. The summed E-state index contributed by atoms with van der Waals surface area (Å²) in [6.07, 6.45) is -1.88. The third-order valence-electron chi connectivity index (χ3n) is 5.37. The van der Waals surface area contributed by atoms with Crippen LogP contribution in [0.1, 0.15) is 30.2 Å². The Balaban J connectivity index is 1.75. The lowest BCUT2D eigenvalue weighted by molar-refractivity contribution is -0.130. The molecule has 1 aromatic carbocycles. The number of carbonyl (C=O) groups is 1. The Morgan fingerprint density at radius 2 is 1.97 bits per heavy atom. The van der Waals surface area contributed by atoms with E-state index in [-0.39, 0.29) is 0 Å². The summed E-state index contributed by atoms with van der Waals surface area (Å²) in [6.45, 7) is 3.34. The zero-order chi connectivity index (χ0) is 21.5. The molecule has 0 radical (unpaired) electrons. The van der Waals surface area contributed by atoms with Crippen LogP contribution in [0.25, 0.3) is 11.2 Å². The maximum atomic E-state index is 12.3. The van der Waals surface area contributed by atoms with Crippen molar-refractivity contribution in [3.05, 3.63) is 53.7 Å². The zero-order valence-corrected chi connectivity index (χ0v) is 16.8. The number of carbonyl (C=O) groups excluding carboxylic acids is 1. The van der Waals surface area contributed by atoms with E-state index >= 15 is 0 Å². The van der Waals surface area contributed by atoms with E-state index < -0.39 is 29.8 Å². The van der Waals surface area contributed by atoms with Crippen LogP contribution in [-0.2, 0) is 4.79 Å². The van der Waals surface area contributed by atoms with Gasteiger partial charge in [-0.05, 0) is 31.9 Å². The SMILES string of the molecule is CNC(=O)C1(C)NC(n2cnc3c(C)nc(C#Cc4ccccc4)nc32)C(O)C1O. The Morgan fingerprint density at radius 1 is 1.23 bits per heavy atom. The summed E-state index contributed by atoms with van der Waals surface area (Å²) >= 11 is 0. The monoisotopic (exact) mass is 406 g/mol. The number of aliphatic hydroxyl groups is 2. The van der Waals surface area contributed by atoms with E-state index in [1.165, 1.54) is 20.3 Å². The van der Waals surface area contributed by atoms with Crippen LogP contribution in [0, 0.1) is 18.8 Å². The first-order chi connectivity index (χ1) is 14.3. The first kappa shape index (κ1) is 20.0. The van der Waals surface area contributed by atoms with Crippen molar-refractivity contribution in [2.45, 2.75) is 37.8 Å². The molecule has 3 aromatic rings. The highest BCUT2D eigenvalue weighted by Gasteiger charge is 2.54. The van der Waals surface area contributed by atoms with Gasteiger partial charge in [0, 0.05) is 12.6 Å². The van der Waals surface area contributed by atoms with E-state index in [9.17, 15) is 15.0 Å². The van der Waals surface area contributed by atoms with Gasteiger partial charge in [-0.1, -0.05) is 24.1 Å². The molecule has 4 atom stereocenters. The standard InChI is InChI=1S/C21H22N6O3/c1-12-15-18(25-14(24-12)10-9-13-7-5-4-6-8-13)27(11-23-15)19-16(28)17(29)21(2,26-19)20(30)22-3/h4-8,11,16-17,19,26,28-29H,1-3H3,(H,22,30). The second-order valence-corrected chi connectivity index (χ2v) is 7.38. The minimum absolute atomic E-state index is 0.313. The molecule has 154 valence electrons. The minimum atomic E-state index is -1.37. The molecule has 4 unspecified atom stereocenters. The lowest BCUT2D eigenvalue weighted by atomic mass is 9.95. The second kappa shape index (κ2) is 7.50. The number of hydrogen-bond acceptors (Lipinski definition) is 7. The number of aliphatic hydroxyl groups excluding tert-OH is 2. The van der Waals surface area contributed by atoms with Crippen LogP contribution in [-0.4, -0.2) is 60.4 Å². The molecule has 0 spiro atoms. The van der Waals surface area contributed by atoms with Crippen LogP contribution in [0.15, 0.2) is 36.7 Å². The number of aryl methyl sites for hydroxylation is 1. The van der Waals surface area contributed by atoms with E-state index in [1.807, 2.05) is 30.3 Å². The van der Waals surface area contributed by atoms with Gasteiger partial charge in [0.05, 0.1) is 12.0 Å². The van der Waals surface area contributed by atoms with Gasteiger partial charge in [0.1, 0.15) is 29.4 Å². The Bertz CT molecular complexity index is 1170. The third kappa shape index (κ3) is 3.21. The first-order valence-corrected chi connectivity index (χ1v) is 9.49. The molecule has 2 aromatic heterocycles. The molecule has 30 heavy (non-hydrogen) atoms. The summed E-state index contributed by atoms with van der Waals surface area (Å²) in [7, 11) is 1.47. The fraction of sp³-hybridized carbons (Fsp3) is 0.333. The molecule has 1 saturated heterocycles. The molecule has 9 heteroatoms. The van der Waals surface area contributed by atoms with Crippen molar-refractivity contribution < 1.29 is 15.0 Å². The molecule has 0 aliphatic carbocycles. The molecule has 1 fully saturated rings. The molecule has 3 heterocycles. The molecular formula is C21H22N6O3. The molecule has 0 saturated carbocycles. The molecule has 9 nitrogen and oxygen atoms in total. The first-order valence-electron chi connectivity index (χ1n) is 9.49. The van der Waals surface area contributed by atoms with Gasteiger partial charge in [-0.3, -0.25) is 14.7 Å². The van der Waals surface area contributed by atoms with Crippen LogP contribution in [0.4, 0.5) is 0 Å². The van der Waals surface area contributed by atoms with Crippen molar-refractivity contribution in [3.63, 3.8) is 0 Å². The van der Waals surface area contributed by atoms with Gasteiger partial charge in [-0.15, -0.1) is 0 Å². The van der Waals surface area contributed by atoms with E-state index in [0.29, 0.717) is 22.7 Å². The number of fused-ring (bicyclic) bond motifs is 1. The molecular weight excluding hydrogens is 384 g/mol. The van der Waals surface area contributed by atoms with Gasteiger partial charge in [-0.2, -0.15) is 0 Å². The molecule has 4 rings (SSSR count). The number of benzene rings is 1. The van der Waals surface area contributed by atoms with Crippen LogP contribution < -0.4 is 10.6 Å². The number of likely N-dealkylation sites (N-methyl/N-ethyl adjacent to an activating group) is 1. The normalized spacial score (nSPS) is 25.7. The van der Waals surface area contributed by atoms with Crippen molar-refractivity contribution in [2.24, 2.45) is 0 Å².